The first-order valence-electron chi connectivity index (χ1n) is 7.75. The Morgan fingerprint density at radius 1 is 1.35 bits per heavy atom. The van der Waals surface area contributed by atoms with E-state index in [1.807, 2.05) is 14.0 Å². The van der Waals surface area contributed by atoms with Crippen LogP contribution in [0.25, 0.3) is 5.65 Å². The first-order chi connectivity index (χ1) is 12.1. The van der Waals surface area contributed by atoms with Gasteiger partial charge in [0.1, 0.15) is 5.69 Å². The monoisotopic (exact) mass is 382 g/mol. The zero-order valence-electron chi connectivity index (χ0n) is 14.7. The molecule has 0 aromatic carbocycles. The summed E-state index contributed by atoms with van der Waals surface area (Å²) in [6.45, 7) is 3.78. The number of halogens is 3. The molecule has 0 spiro atoms. The number of carbonyl (C=O) groups is 1. The van der Waals surface area contributed by atoms with E-state index >= 15 is 0 Å². The Morgan fingerprint density at radius 2 is 2.04 bits per heavy atom. The molecular weight excluding hydrogens is 366 g/mol. The van der Waals surface area contributed by atoms with Gasteiger partial charge in [0.05, 0.1) is 6.20 Å². The molecule has 0 saturated heterocycles. The first-order valence-corrected chi connectivity index (χ1v) is 8.13. The lowest BCUT2D eigenvalue weighted by Gasteiger charge is -2.15. The van der Waals surface area contributed by atoms with Crippen LogP contribution in [0.1, 0.15) is 33.1 Å². The molecule has 0 N–H and O–H groups in total. The molecule has 1 amide bonds. The largest absolute Gasteiger partial charge is 0.364 e. The minimum atomic E-state index is -3.63. The topological polar surface area (TPSA) is 68.3 Å². The van der Waals surface area contributed by atoms with E-state index in [-0.39, 0.29) is 11.3 Å². The SMILES string of the molecule is Cc1cc(C(F)(F)Cl)n2nc(C(=O)N(C)Cc3cnn(C)c3C)cc2n1. The van der Waals surface area contributed by atoms with Crippen LogP contribution in [0.4, 0.5) is 8.78 Å². The molecule has 0 unspecified atom stereocenters. The lowest BCUT2D eigenvalue weighted by molar-refractivity contribution is 0.0772. The maximum absolute atomic E-state index is 13.6. The summed E-state index contributed by atoms with van der Waals surface area (Å²) in [6, 6.07) is 2.51. The zero-order valence-corrected chi connectivity index (χ0v) is 15.4. The van der Waals surface area contributed by atoms with E-state index in [9.17, 15) is 13.6 Å². The molecule has 0 saturated carbocycles. The van der Waals surface area contributed by atoms with Crippen LogP contribution in [0.5, 0.6) is 0 Å². The maximum atomic E-state index is 13.6. The van der Waals surface area contributed by atoms with Crippen molar-refractivity contribution in [3.63, 3.8) is 0 Å². The molecule has 3 aromatic rings. The molecule has 3 aromatic heterocycles. The van der Waals surface area contributed by atoms with Crippen LogP contribution in [0.2, 0.25) is 0 Å². The number of hydrogen-bond donors (Lipinski definition) is 0. The number of amides is 1. The third-order valence-electron chi connectivity index (χ3n) is 4.16. The van der Waals surface area contributed by atoms with Crippen LogP contribution in [0.3, 0.4) is 0 Å². The molecule has 0 bridgehead atoms. The molecule has 0 fully saturated rings. The van der Waals surface area contributed by atoms with Crippen LogP contribution in [-0.2, 0) is 19.0 Å². The number of rotatable bonds is 4. The second kappa shape index (κ2) is 6.31. The minimum Gasteiger partial charge on any atom is -0.336 e. The van der Waals surface area contributed by atoms with Gasteiger partial charge in [0, 0.05) is 43.7 Å². The van der Waals surface area contributed by atoms with Crippen LogP contribution in [0.15, 0.2) is 18.3 Å². The van der Waals surface area contributed by atoms with Crippen molar-refractivity contribution in [2.75, 3.05) is 7.05 Å². The zero-order chi connectivity index (χ0) is 19.2. The number of fused-ring (bicyclic) bond motifs is 1. The van der Waals surface area contributed by atoms with E-state index in [4.69, 9.17) is 11.6 Å². The Balaban J connectivity index is 1.95. The molecule has 138 valence electrons. The lowest BCUT2D eigenvalue weighted by Crippen LogP contribution is -2.27. The number of aryl methyl sites for hydroxylation is 2. The van der Waals surface area contributed by atoms with Gasteiger partial charge in [-0.05, 0) is 31.5 Å². The van der Waals surface area contributed by atoms with Crippen molar-refractivity contribution >= 4 is 23.2 Å². The Labute approximate surface area is 153 Å². The lowest BCUT2D eigenvalue weighted by atomic mass is 10.2. The van der Waals surface area contributed by atoms with Crippen LogP contribution in [-0.4, -0.2) is 42.2 Å². The fourth-order valence-corrected chi connectivity index (χ4v) is 2.76. The number of aromatic nitrogens is 5. The van der Waals surface area contributed by atoms with E-state index in [0.29, 0.717) is 12.2 Å². The molecule has 0 atom stereocenters. The van der Waals surface area contributed by atoms with Gasteiger partial charge in [0.15, 0.2) is 11.3 Å². The number of nitrogens with zero attached hydrogens (tertiary/aromatic N) is 6. The molecule has 0 radical (unpaired) electrons. The quantitative estimate of drug-likeness (QED) is 0.650. The van der Waals surface area contributed by atoms with Gasteiger partial charge in [-0.2, -0.15) is 19.0 Å². The van der Waals surface area contributed by atoms with E-state index in [0.717, 1.165) is 21.8 Å². The second-order valence-electron chi connectivity index (χ2n) is 6.12. The highest BCUT2D eigenvalue weighted by atomic mass is 35.5. The Morgan fingerprint density at radius 3 is 2.62 bits per heavy atom. The van der Waals surface area contributed by atoms with Gasteiger partial charge in [-0.3, -0.25) is 9.48 Å². The van der Waals surface area contributed by atoms with Crippen molar-refractivity contribution in [3.8, 4) is 0 Å². The summed E-state index contributed by atoms with van der Waals surface area (Å²) in [7, 11) is 3.42. The van der Waals surface area contributed by atoms with Gasteiger partial charge in [-0.1, -0.05) is 0 Å². The van der Waals surface area contributed by atoms with Gasteiger partial charge >= 0.3 is 5.38 Å². The number of hydrogen-bond acceptors (Lipinski definition) is 4. The van der Waals surface area contributed by atoms with Crippen molar-refractivity contribution in [2.24, 2.45) is 7.05 Å². The van der Waals surface area contributed by atoms with Crippen molar-refractivity contribution in [3.05, 3.63) is 46.7 Å². The predicted molar refractivity (Wildman–Crippen MR) is 91.2 cm³/mol. The van der Waals surface area contributed by atoms with Gasteiger partial charge in [-0.15, -0.1) is 0 Å². The Hall–Kier alpha value is -2.55. The smallest absolute Gasteiger partial charge is 0.336 e. The molecule has 0 aliphatic rings. The van der Waals surface area contributed by atoms with Gasteiger partial charge in [0.2, 0.25) is 0 Å². The van der Waals surface area contributed by atoms with E-state index in [1.165, 1.54) is 11.0 Å². The van der Waals surface area contributed by atoms with Crippen molar-refractivity contribution in [2.45, 2.75) is 25.8 Å². The summed E-state index contributed by atoms with van der Waals surface area (Å²) in [4.78, 5) is 18.2. The van der Waals surface area contributed by atoms with Crippen molar-refractivity contribution in [1.82, 2.24) is 29.3 Å². The first kappa shape index (κ1) is 18.2. The number of alkyl halides is 3. The maximum Gasteiger partial charge on any atom is 0.364 e. The molecule has 10 heteroatoms. The molecule has 0 aliphatic heterocycles. The summed E-state index contributed by atoms with van der Waals surface area (Å²) in [6.07, 6.45) is 1.68. The molecule has 3 heterocycles. The molecule has 7 nitrogen and oxygen atoms in total. The Kier molecular flexibility index (Phi) is 4.43. The van der Waals surface area contributed by atoms with E-state index < -0.39 is 17.0 Å². The third kappa shape index (κ3) is 3.26. The summed E-state index contributed by atoms with van der Waals surface area (Å²) in [5.74, 6) is -0.416. The fraction of sp³-hybridized carbons (Fsp3) is 0.375. The highest BCUT2D eigenvalue weighted by Crippen LogP contribution is 2.32. The van der Waals surface area contributed by atoms with Crippen molar-refractivity contribution in [1.29, 1.82) is 0 Å². The fourth-order valence-electron chi connectivity index (χ4n) is 2.63. The average molecular weight is 383 g/mol. The van der Waals surface area contributed by atoms with Crippen molar-refractivity contribution < 1.29 is 13.6 Å². The highest BCUT2D eigenvalue weighted by Gasteiger charge is 2.33. The second-order valence-corrected chi connectivity index (χ2v) is 6.59. The predicted octanol–water partition coefficient (Wildman–Crippen LogP) is 2.64. The van der Waals surface area contributed by atoms with Gasteiger partial charge in [0.25, 0.3) is 5.91 Å². The summed E-state index contributed by atoms with van der Waals surface area (Å²) in [5.41, 5.74) is 1.77. The van der Waals surface area contributed by atoms with Crippen LogP contribution < -0.4 is 0 Å². The summed E-state index contributed by atoms with van der Waals surface area (Å²) in [5, 5.41) is 4.50. The van der Waals surface area contributed by atoms with Crippen LogP contribution >= 0.6 is 11.6 Å². The Bertz CT molecular complexity index is 991. The summed E-state index contributed by atoms with van der Waals surface area (Å²) < 4.78 is 29.9. The third-order valence-corrected chi connectivity index (χ3v) is 4.35. The van der Waals surface area contributed by atoms with E-state index in [2.05, 4.69) is 15.2 Å². The minimum absolute atomic E-state index is 0.00862. The average Bonchev–Trinajstić information content (AvgIpc) is 3.10. The molecule has 26 heavy (non-hydrogen) atoms. The molecular formula is C16H17ClF2N6O. The standard InChI is InChI=1S/C16H17ClF2N6O/c1-9-5-13(16(17,18)19)25-14(21-9)6-12(22-25)15(26)23(3)8-11-7-20-24(4)10(11)2/h5-7H,8H2,1-4H3. The molecule has 0 aliphatic carbocycles. The van der Waals surface area contributed by atoms with Gasteiger partial charge < -0.3 is 4.90 Å². The van der Waals surface area contributed by atoms with Gasteiger partial charge in [-0.25, -0.2) is 9.50 Å². The van der Waals surface area contributed by atoms with Crippen LogP contribution in [0, 0.1) is 13.8 Å². The summed E-state index contributed by atoms with van der Waals surface area (Å²) >= 11 is 5.16. The normalized spacial score (nSPS) is 12.0. The molecule has 3 rings (SSSR count). The van der Waals surface area contributed by atoms with E-state index in [1.54, 1.807) is 24.9 Å². The number of carbonyl (C=O) groups excluding carboxylic acids is 1. The highest BCUT2D eigenvalue weighted by molar-refractivity contribution is 6.21.